The number of nitrogens with two attached hydrogens (primary N) is 1. The van der Waals surface area contributed by atoms with E-state index in [4.69, 9.17) is 25.2 Å². The van der Waals surface area contributed by atoms with Crippen LogP contribution in [-0.4, -0.2) is 67.0 Å². The number of hydrogen-bond acceptors (Lipinski definition) is 8. The molecule has 1 aromatic carbocycles. The van der Waals surface area contributed by atoms with E-state index < -0.39 is 5.54 Å². The van der Waals surface area contributed by atoms with Gasteiger partial charge < -0.3 is 15.5 Å². The molecule has 1 aliphatic rings. The Balaban J connectivity index is 1.53. The fourth-order valence-corrected chi connectivity index (χ4v) is 4.66. The summed E-state index contributed by atoms with van der Waals surface area (Å²) in [6.07, 6.45) is 3.40. The van der Waals surface area contributed by atoms with E-state index in [1.807, 2.05) is 16.8 Å². The average Bonchev–Trinajstić information content (AvgIpc) is 3.59. The standard InChI is InChI=1S/C23H25N9O/c1-23(16-6-3-2-4-7-16,15-30-11-9-25-10-12-30)32-21-17(14-26-32)20-27-19(18-8-5-13-33-18)29-31(20)22(24)28-21/h2-8,13-14,25H,9-12,15H2,1H3,(H2,24,28). The summed E-state index contributed by atoms with van der Waals surface area (Å²) in [5.74, 6) is 1.29. The number of nitrogen functional groups attached to an aromatic ring is 1. The first-order chi connectivity index (χ1) is 16.1. The number of fused-ring (bicyclic) bond motifs is 3. The molecular weight excluding hydrogens is 418 g/mol. The third-order valence-electron chi connectivity index (χ3n) is 6.38. The number of furan rings is 1. The Morgan fingerprint density at radius 3 is 2.64 bits per heavy atom. The molecule has 4 aromatic heterocycles. The van der Waals surface area contributed by atoms with Crippen LogP contribution in [0, 0.1) is 0 Å². The van der Waals surface area contributed by atoms with E-state index in [1.54, 1.807) is 23.0 Å². The van der Waals surface area contributed by atoms with E-state index in [2.05, 4.69) is 46.5 Å². The maximum atomic E-state index is 6.34. The van der Waals surface area contributed by atoms with Crippen molar-refractivity contribution in [3.8, 4) is 11.6 Å². The molecule has 1 fully saturated rings. The van der Waals surface area contributed by atoms with Gasteiger partial charge >= 0.3 is 0 Å². The van der Waals surface area contributed by atoms with Crippen molar-refractivity contribution in [2.75, 3.05) is 38.5 Å². The van der Waals surface area contributed by atoms with Gasteiger partial charge in [-0.15, -0.1) is 5.10 Å². The van der Waals surface area contributed by atoms with Crippen LogP contribution in [0.3, 0.4) is 0 Å². The molecular formula is C23H25N9O. The van der Waals surface area contributed by atoms with Gasteiger partial charge in [0, 0.05) is 32.7 Å². The molecule has 0 bridgehead atoms. The van der Waals surface area contributed by atoms with Gasteiger partial charge in [-0.05, 0) is 24.6 Å². The van der Waals surface area contributed by atoms with Gasteiger partial charge in [-0.3, -0.25) is 4.90 Å². The smallest absolute Gasteiger partial charge is 0.225 e. The Bertz CT molecular complexity index is 1400. The second-order valence-corrected chi connectivity index (χ2v) is 8.58. The highest BCUT2D eigenvalue weighted by Crippen LogP contribution is 2.32. The summed E-state index contributed by atoms with van der Waals surface area (Å²) < 4.78 is 9.00. The largest absolute Gasteiger partial charge is 0.461 e. The van der Waals surface area contributed by atoms with Crippen molar-refractivity contribution in [3.05, 3.63) is 60.5 Å². The fourth-order valence-electron chi connectivity index (χ4n) is 4.66. The van der Waals surface area contributed by atoms with Crippen LogP contribution in [0.2, 0.25) is 0 Å². The molecule has 10 nitrogen and oxygen atoms in total. The summed E-state index contributed by atoms with van der Waals surface area (Å²) in [4.78, 5) is 11.9. The monoisotopic (exact) mass is 443 g/mol. The number of anilines is 1. The van der Waals surface area contributed by atoms with Crippen molar-refractivity contribution in [1.29, 1.82) is 0 Å². The van der Waals surface area contributed by atoms with E-state index in [9.17, 15) is 0 Å². The normalized spacial score (nSPS) is 17.0. The third kappa shape index (κ3) is 3.26. The van der Waals surface area contributed by atoms with Crippen LogP contribution >= 0.6 is 0 Å². The second-order valence-electron chi connectivity index (χ2n) is 8.58. The van der Waals surface area contributed by atoms with E-state index in [1.165, 1.54) is 0 Å². The Hall–Kier alpha value is -3.76. The minimum Gasteiger partial charge on any atom is -0.461 e. The molecule has 0 radical (unpaired) electrons. The maximum Gasteiger partial charge on any atom is 0.225 e. The van der Waals surface area contributed by atoms with Gasteiger partial charge in [0.2, 0.25) is 11.8 Å². The van der Waals surface area contributed by atoms with Crippen molar-refractivity contribution in [2.45, 2.75) is 12.5 Å². The number of benzene rings is 1. The minimum absolute atomic E-state index is 0.252. The molecule has 0 saturated carbocycles. The highest BCUT2D eigenvalue weighted by atomic mass is 16.3. The zero-order chi connectivity index (χ0) is 22.4. The molecule has 5 heterocycles. The summed E-state index contributed by atoms with van der Waals surface area (Å²) in [5, 5.41) is 13.5. The molecule has 6 rings (SSSR count). The molecule has 0 spiro atoms. The fraction of sp³-hybridized carbons (Fsp3) is 0.304. The number of nitrogens with one attached hydrogen (secondary N) is 1. The first kappa shape index (κ1) is 19.9. The Kier molecular flexibility index (Phi) is 4.63. The van der Waals surface area contributed by atoms with Gasteiger partial charge in [0.25, 0.3) is 0 Å². The van der Waals surface area contributed by atoms with Crippen molar-refractivity contribution < 1.29 is 4.42 Å². The van der Waals surface area contributed by atoms with E-state index in [0.717, 1.165) is 43.7 Å². The molecule has 33 heavy (non-hydrogen) atoms. The summed E-state index contributed by atoms with van der Waals surface area (Å²) >= 11 is 0. The van der Waals surface area contributed by atoms with E-state index >= 15 is 0 Å². The Morgan fingerprint density at radius 2 is 1.88 bits per heavy atom. The predicted octanol–water partition coefficient (Wildman–Crippen LogP) is 1.98. The lowest BCUT2D eigenvalue weighted by molar-refractivity contribution is 0.170. The van der Waals surface area contributed by atoms with Gasteiger partial charge in [0.1, 0.15) is 0 Å². The zero-order valence-electron chi connectivity index (χ0n) is 18.3. The average molecular weight is 444 g/mol. The molecule has 3 N–H and O–H groups in total. The minimum atomic E-state index is -0.456. The van der Waals surface area contributed by atoms with Crippen LogP contribution in [0.4, 0.5) is 5.95 Å². The van der Waals surface area contributed by atoms with Crippen LogP contribution in [0.15, 0.2) is 59.3 Å². The van der Waals surface area contributed by atoms with Crippen molar-refractivity contribution >= 4 is 22.6 Å². The Labute approximate surface area is 190 Å². The SMILES string of the molecule is CC(CN1CCNCC1)(c1ccccc1)n1ncc2c1nc(N)n1nc(-c3ccco3)nc21. The number of nitrogens with zero attached hydrogens (tertiary/aromatic N) is 7. The predicted molar refractivity (Wildman–Crippen MR) is 125 cm³/mol. The molecule has 10 heteroatoms. The second kappa shape index (κ2) is 7.68. The maximum absolute atomic E-state index is 6.34. The molecule has 5 aromatic rings. The quantitative estimate of drug-likeness (QED) is 0.424. The summed E-state index contributed by atoms with van der Waals surface area (Å²) in [7, 11) is 0. The molecule has 0 amide bonds. The van der Waals surface area contributed by atoms with Crippen LogP contribution in [0.5, 0.6) is 0 Å². The van der Waals surface area contributed by atoms with E-state index in [-0.39, 0.29) is 5.95 Å². The van der Waals surface area contributed by atoms with Crippen LogP contribution in [0.1, 0.15) is 12.5 Å². The zero-order valence-corrected chi connectivity index (χ0v) is 18.3. The molecule has 1 aliphatic heterocycles. The molecule has 168 valence electrons. The number of aromatic nitrogens is 6. The van der Waals surface area contributed by atoms with Crippen LogP contribution < -0.4 is 11.1 Å². The number of piperazine rings is 1. The lowest BCUT2D eigenvalue weighted by Crippen LogP contribution is -2.51. The first-order valence-electron chi connectivity index (χ1n) is 11.1. The number of hydrogen-bond donors (Lipinski definition) is 2. The number of rotatable bonds is 5. The summed E-state index contributed by atoms with van der Waals surface area (Å²) in [5.41, 5.74) is 8.33. The Morgan fingerprint density at radius 1 is 1.06 bits per heavy atom. The first-order valence-corrected chi connectivity index (χ1v) is 11.1. The van der Waals surface area contributed by atoms with Crippen molar-refractivity contribution in [2.24, 2.45) is 0 Å². The van der Waals surface area contributed by atoms with Gasteiger partial charge in [-0.2, -0.15) is 14.6 Å². The van der Waals surface area contributed by atoms with Gasteiger partial charge in [0.15, 0.2) is 17.1 Å². The van der Waals surface area contributed by atoms with Crippen molar-refractivity contribution in [1.82, 2.24) is 39.6 Å². The van der Waals surface area contributed by atoms with E-state index in [0.29, 0.717) is 22.9 Å². The molecule has 1 unspecified atom stereocenters. The van der Waals surface area contributed by atoms with Gasteiger partial charge in [-0.1, -0.05) is 30.3 Å². The molecule has 1 saturated heterocycles. The highest BCUT2D eigenvalue weighted by Gasteiger charge is 2.35. The lowest BCUT2D eigenvalue weighted by atomic mass is 9.91. The summed E-state index contributed by atoms with van der Waals surface area (Å²) in [6, 6.07) is 14.1. The van der Waals surface area contributed by atoms with Gasteiger partial charge in [-0.25, -0.2) is 9.67 Å². The van der Waals surface area contributed by atoms with Crippen LogP contribution in [0.25, 0.3) is 28.3 Å². The lowest BCUT2D eigenvalue weighted by Gasteiger charge is -2.38. The van der Waals surface area contributed by atoms with Crippen molar-refractivity contribution in [3.63, 3.8) is 0 Å². The topological polar surface area (TPSA) is 115 Å². The molecule has 0 aliphatic carbocycles. The highest BCUT2D eigenvalue weighted by molar-refractivity contribution is 5.90. The third-order valence-corrected chi connectivity index (χ3v) is 6.38. The van der Waals surface area contributed by atoms with Crippen LogP contribution in [-0.2, 0) is 5.54 Å². The summed E-state index contributed by atoms with van der Waals surface area (Å²) in [6.45, 7) is 6.93. The molecule has 1 atom stereocenters. The van der Waals surface area contributed by atoms with Gasteiger partial charge in [0.05, 0.1) is 23.4 Å².